The zero-order valence-corrected chi connectivity index (χ0v) is 11.1. The summed E-state index contributed by atoms with van der Waals surface area (Å²) < 4.78 is 7.57. The maximum absolute atomic E-state index is 5.42. The van der Waals surface area contributed by atoms with Gasteiger partial charge >= 0.3 is 0 Å². The Bertz CT molecular complexity index is 367. The van der Waals surface area contributed by atoms with Crippen molar-refractivity contribution < 1.29 is 4.74 Å². The molecule has 1 atom stereocenters. The van der Waals surface area contributed by atoms with Gasteiger partial charge in [0.15, 0.2) is 0 Å². The molecule has 2 rings (SSSR count). The normalized spacial score (nSPS) is 20.1. The summed E-state index contributed by atoms with van der Waals surface area (Å²) in [5.74, 6) is 0.639. The lowest BCUT2D eigenvalue weighted by atomic mass is 10.1. The van der Waals surface area contributed by atoms with Crippen LogP contribution in [-0.2, 0) is 17.8 Å². The van der Waals surface area contributed by atoms with Crippen LogP contribution in [0.25, 0.3) is 0 Å². The standard InChI is InChI=1S/C13H23N3O/c1-4-14-7-13-10(2)15-16(11(13)3)8-12-5-6-17-9-12/h12,14H,4-9H2,1-3H3. The lowest BCUT2D eigenvalue weighted by Crippen LogP contribution is -2.15. The van der Waals surface area contributed by atoms with E-state index in [9.17, 15) is 0 Å². The summed E-state index contributed by atoms with van der Waals surface area (Å²) in [6, 6.07) is 0. The molecule has 1 N–H and O–H groups in total. The van der Waals surface area contributed by atoms with Crippen molar-refractivity contribution in [2.75, 3.05) is 19.8 Å². The summed E-state index contributed by atoms with van der Waals surface area (Å²) >= 11 is 0. The monoisotopic (exact) mass is 237 g/mol. The van der Waals surface area contributed by atoms with Gasteiger partial charge in [-0.3, -0.25) is 4.68 Å². The second-order valence-corrected chi connectivity index (χ2v) is 4.84. The molecule has 0 aromatic carbocycles. The lowest BCUT2D eigenvalue weighted by molar-refractivity contribution is 0.181. The highest BCUT2D eigenvalue weighted by atomic mass is 16.5. The zero-order valence-electron chi connectivity index (χ0n) is 11.1. The van der Waals surface area contributed by atoms with Crippen LogP contribution in [0.2, 0.25) is 0 Å². The Morgan fingerprint density at radius 2 is 2.29 bits per heavy atom. The Kier molecular flexibility index (Phi) is 4.18. The van der Waals surface area contributed by atoms with Gasteiger partial charge < -0.3 is 10.1 Å². The first kappa shape index (κ1) is 12.6. The summed E-state index contributed by atoms with van der Waals surface area (Å²) in [5, 5.41) is 8.02. The molecule has 96 valence electrons. The summed E-state index contributed by atoms with van der Waals surface area (Å²) in [5.41, 5.74) is 3.81. The minimum absolute atomic E-state index is 0.639. The maximum Gasteiger partial charge on any atom is 0.0641 e. The molecule has 0 spiro atoms. The molecule has 1 saturated heterocycles. The highest BCUT2D eigenvalue weighted by Gasteiger charge is 2.19. The van der Waals surface area contributed by atoms with Crippen LogP contribution in [0.3, 0.4) is 0 Å². The lowest BCUT2D eigenvalue weighted by Gasteiger charge is -2.10. The van der Waals surface area contributed by atoms with Crippen molar-refractivity contribution >= 4 is 0 Å². The number of aryl methyl sites for hydroxylation is 1. The summed E-state index contributed by atoms with van der Waals surface area (Å²) in [4.78, 5) is 0. The van der Waals surface area contributed by atoms with Crippen molar-refractivity contribution in [1.29, 1.82) is 0 Å². The van der Waals surface area contributed by atoms with Crippen molar-refractivity contribution in [3.05, 3.63) is 17.0 Å². The predicted molar refractivity (Wildman–Crippen MR) is 68.0 cm³/mol. The second-order valence-electron chi connectivity index (χ2n) is 4.84. The van der Waals surface area contributed by atoms with Crippen LogP contribution in [0.15, 0.2) is 0 Å². The minimum atomic E-state index is 0.639. The van der Waals surface area contributed by atoms with Crippen LogP contribution in [0.1, 0.15) is 30.3 Å². The fraction of sp³-hybridized carbons (Fsp3) is 0.769. The molecule has 1 fully saturated rings. The third-order valence-corrected chi connectivity index (χ3v) is 3.54. The fourth-order valence-corrected chi connectivity index (χ4v) is 2.39. The van der Waals surface area contributed by atoms with Gasteiger partial charge in [0.2, 0.25) is 0 Å². The molecular weight excluding hydrogens is 214 g/mol. The van der Waals surface area contributed by atoms with Crippen LogP contribution < -0.4 is 5.32 Å². The first-order valence-corrected chi connectivity index (χ1v) is 6.53. The highest BCUT2D eigenvalue weighted by Crippen LogP contribution is 2.18. The molecule has 2 heterocycles. The Balaban J connectivity index is 2.06. The summed E-state index contributed by atoms with van der Waals surface area (Å²) in [7, 11) is 0. The number of hydrogen-bond acceptors (Lipinski definition) is 3. The van der Waals surface area contributed by atoms with Gasteiger partial charge in [0.1, 0.15) is 0 Å². The van der Waals surface area contributed by atoms with Crippen molar-refractivity contribution in [2.24, 2.45) is 5.92 Å². The van der Waals surface area contributed by atoms with Gasteiger partial charge in [-0.25, -0.2) is 0 Å². The molecular formula is C13H23N3O. The maximum atomic E-state index is 5.42. The summed E-state index contributed by atoms with van der Waals surface area (Å²) in [6.45, 7) is 11.1. The Labute approximate surface area is 103 Å². The van der Waals surface area contributed by atoms with Crippen LogP contribution in [0.5, 0.6) is 0 Å². The van der Waals surface area contributed by atoms with Crippen LogP contribution >= 0.6 is 0 Å². The average Bonchev–Trinajstić information content (AvgIpc) is 2.89. The Hall–Kier alpha value is -0.870. The smallest absolute Gasteiger partial charge is 0.0641 e. The van der Waals surface area contributed by atoms with E-state index in [1.165, 1.54) is 17.7 Å². The summed E-state index contributed by atoms with van der Waals surface area (Å²) in [6.07, 6.45) is 1.17. The first-order chi connectivity index (χ1) is 8.22. The van der Waals surface area contributed by atoms with Crippen molar-refractivity contribution in [2.45, 2.75) is 40.3 Å². The van der Waals surface area contributed by atoms with Gasteiger partial charge in [0, 0.05) is 36.9 Å². The van der Waals surface area contributed by atoms with Crippen molar-refractivity contribution in [3.63, 3.8) is 0 Å². The SMILES string of the molecule is CCNCc1c(C)nn(CC2CCOC2)c1C. The predicted octanol–water partition coefficient (Wildman–Crippen LogP) is 1.65. The molecule has 0 saturated carbocycles. The fourth-order valence-electron chi connectivity index (χ4n) is 2.39. The van der Waals surface area contributed by atoms with E-state index in [2.05, 4.69) is 35.9 Å². The molecule has 1 aromatic rings. The molecule has 0 aliphatic carbocycles. The van der Waals surface area contributed by atoms with Gasteiger partial charge in [0.25, 0.3) is 0 Å². The third kappa shape index (κ3) is 2.87. The minimum Gasteiger partial charge on any atom is -0.381 e. The Morgan fingerprint density at radius 3 is 2.94 bits per heavy atom. The Morgan fingerprint density at radius 1 is 1.47 bits per heavy atom. The molecule has 4 nitrogen and oxygen atoms in total. The zero-order chi connectivity index (χ0) is 12.3. The van der Waals surface area contributed by atoms with Gasteiger partial charge in [-0.2, -0.15) is 5.10 Å². The average molecular weight is 237 g/mol. The molecule has 4 heteroatoms. The van der Waals surface area contributed by atoms with E-state index in [4.69, 9.17) is 4.74 Å². The number of rotatable bonds is 5. The largest absolute Gasteiger partial charge is 0.381 e. The molecule has 1 aliphatic rings. The van der Waals surface area contributed by atoms with E-state index in [1.807, 2.05) is 0 Å². The van der Waals surface area contributed by atoms with Gasteiger partial charge in [-0.15, -0.1) is 0 Å². The number of nitrogens with zero attached hydrogens (tertiary/aromatic N) is 2. The van der Waals surface area contributed by atoms with Crippen LogP contribution in [-0.4, -0.2) is 29.5 Å². The van der Waals surface area contributed by atoms with Crippen molar-refractivity contribution in [3.8, 4) is 0 Å². The number of hydrogen-bond donors (Lipinski definition) is 1. The highest BCUT2D eigenvalue weighted by molar-refractivity contribution is 5.24. The van der Waals surface area contributed by atoms with Gasteiger partial charge in [-0.05, 0) is 26.8 Å². The quantitative estimate of drug-likeness (QED) is 0.846. The van der Waals surface area contributed by atoms with E-state index in [-0.39, 0.29) is 0 Å². The second kappa shape index (κ2) is 5.65. The van der Waals surface area contributed by atoms with E-state index in [0.29, 0.717) is 5.92 Å². The molecule has 0 radical (unpaired) electrons. The van der Waals surface area contributed by atoms with Gasteiger partial charge in [-0.1, -0.05) is 6.92 Å². The molecule has 1 aliphatic heterocycles. The number of nitrogens with one attached hydrogen (secondary N) is 1. The third-order valence-electron chi connectivity index (χ3n) is 3.54. The van der Waals surface area contributed by atoms with E-state index in [1.54, 1.807) is 0 Å². The molecule has 0 bridgehead atoms. The van der Waals surface area contributed by atoms with E-state index < -0.39 is 0 Å². The number of aromatic nitrogens is 2. The van der Waals surface area contributed by atoms with Crippen molar-refractivity contribution in [1.82, 2.24) is 15.1 Å². The topological polar surface area (TPSA) is 39.1 Å². The molecule has 1 unspecified atom stereocenters. The van der Waals surface area contributed by atoms with Crippen LogP contribution in [0, 0.1) is 19.8 Å². The van der Waals surface area contributed by atoms with Crippen LogP contribution in [0.4, 0.5) is 0 Å². The molecule has 0 amide bonds. The molecule has 1 aromatic heterocycles. The first-order valence-electron chi connectivity index (χ1n) is 6.53. The van der Waals surface area contributed by atoms with E-state index >= 15 is 0 Å². The van der Waals surface area contributed by atoms with Gasteiger partial charge in [0.05, 0.1) is 12.3 Å². The van der Waals surface area contributed by atoms with E-state index in [0.717, 1.165) is 38.5 Å². The molecule has 17 heavy (non-hydrogen) atoms. The number of ether oxygens (including phenoxy) is 1.